The van der Waals surface area contributed by atoms with Crippen molar-refractivity contribution >= 4 is 11.9 Å². The van der Waals surface area contributed by atoms with E-state index in [1.807, 2.05) is 0 Å². The number of nitrogens with one attached hydrogen (secondary N) is 1. The Labute approximate surface area is 97.9 Å². The fourth-order valence-corrected chi connectivity index (χ4v) is 2.62. The number of carbonyl (C=O) groups excluding carboxylic acids is 2. The highest BCUT2D eigenvalue weighted by Gasteiger charge is 2.52. The zero-order valence-corrected chi connectivity index (χ0v) is 9.31. The van der Waals surface area contributed by atoms with Gasteiger partial charge in [0.15, 0.2) is 5.76 Å². The van der Waals surface area contributed by atoms with Crippen LogP contribution in [0.3, 0.4) is 0 Å². The van der Waals surface area contributed by atoms with Crippen LogP contribution in [0, 0.1) is 0 Å². The maximum absolute atomic E-state index is 12.2. The molecule has 1 spiro atoms. The van der Waals surface area contributed by atoms with Crippen molar-refractivity contribution in [2.45, 2.75) is 37.8 Å². The van der Waals surface area contributed by atoms with Crippen LogP contribution in [-0.4, -0.2) is 27.5 Å². The Morgan fingerprint density at radius 1 is 1.41 bits per heavy atom. The first-order valence-corrected chi connectivity index (χ1v) is 5.75. The number of aromatic nitrogens is 1. The predicted octanol–water partition coefficient (Wildman–Crippen LogP) is 1.04. The Kier molecular flexibility index (Phi) is 2.17. The standard InChI is InChI=1S/C11H13N3O3/c15-9-11(4-1-2-5-11)13-10(16)14(9)7-8-3-6-12-17-8/h3,6H,1-2,4-5,7H2,(H,13,16). The molecule has 17 heavy (non-hydrogen) atoms. The maximum Gasteiger partial charge on any atom is 0.325 e. The summed E-state index contributed by atoms with van der Waals surface area (Å²) in [4.78, 5) is 25.3. The van der Waals surface area contributed by atoms with Gasteiger partial charge in [0.05, 0.1) is 12.7 Å². The number of carbonyl (C=O) groups is 2. The van der Waals surface area contributed by atoms with Crippen LogP contribution < -0.4 is 5.32 Å². The Bertz CT molecular complexity index is 449. The largest absolute Gasteiger partial charge is 0.359 e. The first kappa shape index (κ1) is 10.3. The van der Waals surface area contributed by atoms with Crippen molar-refractivity contribution in [1.29, 1.82) is 0 Å². The van der Waals surface area contributed by atoms with Gasteiger partial charge in [0, 0.05) is 6.07 Å². The Morgan fingerprint density at radius 2 is 2.18 bits per heavy atom. The second-order valence-electron chi connectivity index (χ2n) is 4.59. The monoisotopic (exact) mass is 235 g/mol. The fraction of sp³-hybridized carbons (Fsp3) is 0.545. The van der Waals surface area contributed by atoms with Crippen molar-refractivity contribution in [3.8, 4) is 0 Å². The Balaban J connectivity index is 1.82. The number of hydrogen-bond acceptors (Lipinski definition) is 4. The molecule has 1 saturated heterocycles. The van der Waals surface area contributed by atoms with E-state index < -0.39 is 5.54 Å². The van der Waals surface area contributed by atoms with Crippen LogP contribution in [0.1, 0.15) is 31.4 Å². The second-order valence-corrected chi connectivity index (χ2v) is 4.59. The average Bonchev–Trinajstić information content (AvgIpc) is 2.99. The van der Waals surface area contributed by atoms with E-state index in [-0.39, 0.29) is 18.5 Å². The molecule has 2 heterocycles. The summed E-state index contributed by atoms with van der Waals surface area (Å²) in [5.74, 6) is 0.389. The van der Waals surface area contributed by atoms with Crippen molar-refractivity contribution in [2.24, 2.45) is 0 Å². The van der Waals surface area contributed by atoms with Crippen molar-refractivity contribution in [2.75, 3.05) is 0 Å². The quantitative estimate of drug-likeness (QED) is 0.777. The van der Waals surface area contributed by atoms with Crippen LogP contribution in [0.4, 0.5) is 4.79 Å². The number of nitrogens with zero attached hydrogens (tertiary/aromatic N) is 2. The van der Waals surface area contributed by atoms with E-state index in [2.05, 4.69) is 10.5 Å². The molecule has 1 aliphatic carbocycles. The van der Waals surface area contributed by atoms with Gasteiger partial charge < -0.3 is 9.84 Å². The summed E-state index contributed by atoms with van der Waals surface area (Å²) >= 11 is 0. The summed E-state index contributed by atoms with van der Waals surface area (Å²) in [7, 11) is 0. The van der Waals surface area contributed by atoms with E-state index in [0.717, 1.165) is 25.7 Å². The maximum atomic E-state index is 12.2. The molecule has 0 bridgehead atoms. The number of urea groups is 1. The van der Waals surface area contributed by atoms with Crippen LogP contribution >= 0.6 is 0 Å². The van der Waals surface area contributed by atoms with Gasteiger partial charge in [0.25, 0.3) is 5.91 Å². The highest BCUT2D eigenvalue weighted by Crippen LogP contribution is 2.35. The van der Waals surface area contributed by atoms with E-state index in [4.69, 9.17) is 4.52 Å². The minimum Gasteiger partial charge on any atom is -0.359 e. The van der Waals surface area contributed by atoms with E-state index in [0.29, 0.717) is 5.76 Å². The van der Waals surface area contributed by atoms with Gasteiger partial charge in [0.1, 0.15) is 5.54 Å². The lowest BCUT2D eigenvalue weighted by molar-refractivity contribution is -0.131. The number of imide groups is 1. The SMILES string of the molecule is O=C1NC2(CCCC2)C(=O)N1Cc1ccno1. The molecular formula is C11H13N3O3. The lowest BCUT2D eigenvalue weighted by Crippen LogP contribution is -2.44. The molecule has 2 aliphatic rings. The fourth-order valence-electron chi connectivity index (χ4n) is 2.62. The van der Waals surface area contributed by atoms with Gasteiger partial charge in [-0.2, -0.15) is 0 Å². The molecular weight excluding hydrogens is 222 g/mol. The summed E-state index contributed by atoms with van der Waals surface area (Å²) in [5.41, 5.74) is -0.642. The zero-order valence-electron chi connectivity index (χ0n) is 9.31. The molecule has 6 nitrogen and oxygen atoms in total. The molecule has 1 aromatic rings. The number of amides is 3. The minimum absolute atomic E-state index is 0.128. The van der Waals surface area contributed by atoms with Crippen molar-refractivity contribution < 1.29 is 14.1 Å². The summed E-state index contributed by atoms with van der Waals surface area (Å²) in [6.07, 6.45) is 4.96. The summed E-state index contributed by atoms with van der Waals surface area (Å²) in [6, 6.07) is 1.33. The molecule has 0 atom stereocenters. The molecule has 1 saturated carbocycles. The predicted molar refractivity (Wildman–Crippen MR) is 56.8 cm³/mol. The summed E-state index contributed by atoms with van der Waals surface area (Å²) < 4.78 is 4.92. The van der Waals surface area contributed by atoms with E-state index >= 15 is 0 Å². The van der Waals surface area contributed by atoms with Crippen LogP contribution in [0.15, 0.2) is 16.8 Å². The lowest BCUT2D eigenvalue weighted by Gasteiger charge is -2.19. The highest BCUT2D eigenvalue weighted by atomic mass is 16.5. The average molecular weight is 235 g/mol. The van der Waals surface area contributed by atoms with E-state index in [9.17, 15) is 9.59 Å². The third kappa shape index (κ3) is 1.51. The molecule has 0 radical (unpaired) electrons. The molecule has 1 aromatic heterocycles. The highest BCUT2D eigenvalue weighted by molar-refractivity contribution is 6.07. The van der Waals surface area contributed by atoms with Gasteiger partial charge in [-0.05, 0) is 12.8 Å². The van der Waals surface area contributed by atoms with Crippen LogP contribution in [0.25, 0.3) is 0 Å². The molecule has 0 aromatic carbocycles. The molecule has 1 N–H and O–H groups in total. The number of rotatable bonds is 2. The van der Waals surface area contributed by atoms with Crippen LogP contribution in [-0.2, 0) is 11.3 Å². The Hall–Kier alpha value is -1.85. The smallest absolute Gasteiger partial charge is 0.325 e. The van der Waals surface area contributed by atoms with Gasteiger partial charge >= 0.3 is 6.03 Å². The topological polar surface area (TPSA) is 75.4 Å². The molecule has 6 heteroatoms. The van der Waals surface area contributed by atoms with Crippen LogP contribution in [0.2, 0.25) is 0 Å². The van der Waals surface area contributed by atoms with Crippen molar-refractivity contribution in [3.05, 3.63) is 18.0 Å². The van der Waals surface area contributed by atoms with Gasteiger partial charge in [-0.15, -0.1) is 0 Å². The first-order chi connectivity index (χ1) is 8.21. The van der Waals surface area contributed by atoms with E-state index in [1.165, 1.54) is 11.1 Å². The lowest BCUT2D eigenvalue weighted by atomic mass is 9.98. The number of hydrogen-bond donors (Lipinski definition) is 1. The van der Waals surface area contributed by atoms with Crippen molar-refractivity contribution in [1.82, 2.24) is 15.4 Å². The van der Waals surface area contributed by atoms with Gasteiger partial charge in [-0.25, -0.2) is 4.79 Å². The van der Waals surface area contributed by atoms with Crippen molar-refractivity contribution in [3.63, 3.8) is 0 Å². The first-order valence-electron chi connectivity index (χ1n) is 5.75. The van der Waals surface area contributed by atoms with E-state index in [1.54, 1.807) is 6.07 Å². The molecule has 0 unspecified atom stereocenters. The molecule has 90 valence electrons. The van der Waals surface area contributed by atoms with Crippen LogP contribution in [0.5, 0.6) is 0 Å². The second kappa shape index (κ2) is 3.58. The third-order valence-electron chi connectivity index (χ3n) is 3.51. The zero-order chi connectivity index (χ0) is 11.9. The van der Waals surface area contributed by atoms with Gasteiger partial charge in [0.2, 0.25) is 0 Å². The molecule has 2 fully saturated rings. The minimum atomic E-state index is -0.642. The molecule has 3 amide bonds. The third-order valence-corrected chi connectivity index (χ3v) is 3.51. The summed E-state index contributed by atoms with van der Waals surface area (Å²) in [5, 5.41) is 6.38. The normalized spacial score (nSPS) is 22.5. The van der Waals surface area contributed by atoms with Gasteiger partial charge in [-0.3, -0.25) is 9.69 Å². The Morgan fingerprint density at radius 3 is 2.82 bits per heavy atom. The molecule has 3 rings (SSSR count). The van der Waals surface area contributed by atoms with Gasteiger partial charge in [-0.1, -0.05) is 18.0 Å². The molecule has 1 aliphatic heterocycles. The summed E-state index contributed by atoms with van der Waals surface area (Å²) in [6.45, 7) is 0.159.